The maximum Gasteiger partial charge on any atom is 0.0196 e. The van der Waals surface area contributed by atoms with Crippen molar-refractivity contribution < 1.29 is 0 Å². The molecule has 0 aromatic heterocycles. The van der Waals surface area contributed by atoms with Crippen molar-refractivity contribution in [3.05, 3.63) is 59.7 Å². The average molecular weight is 226 g/mol. The molecule has 0 heteroatoms. The van der Waals surface area contributed by atoms with Crippen molar-refractivity contribution in [2.75, 3.05) is 0 Å². The van der Waals surface area contributed by atoms with Crippen LogP contribution in [0, 0.1) is 5.92 Å². The topological polar surface area (TPSA) is 0 Å². The predicted octanol–water partition coefficient (Wildman–Crippen LogP) is 4.88. The van der Waals surface area contributed by atoms with Gasteiger partial charge in [0, 0.05) is 5.41 Å². The quantitative estimate of drug-likeness (QED) is 0.689. The molecule has 1 aromatic rings. The molecule has 0 fully saturated rings. The van der Waals surface area contributed by atoms with Gasteiger partial charge in [-0.3, -0.25) is 0 Å². The minimum atomic E-state index is 0.173. The first-order valence-electron chi connectivity index (χ1n) is 6.63. The predicted molar refractivity (Wildman–Crippen MR) is 75.1 cm³/mol. The number of allylic oxidation sites excluding steroid dienone is 4. The number of hydrogen-bond donors (Lipinski definition) is 0. The highest BCUT2D eigenvalue weighted by atomic mass is 14.4. The molecule has 1 aliphatic rings. The van der Waals surface area contributed by atoms with E-state index in [1.807, 2.05) is 0 Å². The molecule has 1 aliphatic carbocycles. The molecule has 0 amide bonds. The third-order valence-electron chi connectivity index (χ3n) is 4.17. The molecule has 2 atom stereocenters. The fourth-order valence-corrected chi connectivity index (χ4v) is 2.84. The van der Waals surface area contributed by atoms with Crippen molar-refractivity contribution in [2.24, 2.45) is 5.92 Å². The Morgan fingerprint density at radius 1 is 1.18 bits per heavy atom. The van der Waals surface area contributed by atoms with Crippen molar-refractivity contribution >= 4 is 0 Å². The van der Waals surface area contributed by atoms with E-state index in [0.717, 1.165) is 0 Å². The third-order valence-corrected chi connectivity index (χ3v) is 4.17. The maximum absolute atomic E-state index is 2.39. The zero-order valence-electron chi connectivity index (χ0n) is 11.1. The van der Waals surface area contributed by atoms with Crippen LogP contribution in [0.4, 0.5) is 0 Å². The molecule has 0 spiro atoms. The van der Waals surface area contributed by atoms with Crippen LogP contribution in [0.1, 0.15) is 39.2 Å². The van der Waals surface area contributed by atoms with Crippen molar-refractivity contribution in [1.29, 1.82) is 0 Å². The van der Waals surface area contributed by atoms with E-state index in [2.05, 4.69) is 69.3 Å². The van der Waals surface area contributed by atoms with Crippen LogP contribution in [0.3, 0.4) is 0 Å². The molecule has 1 aromatic carbocycles. The van der Waals surface area contributed by atoms with Crippen LogP contribution in [-0.2, 0) is 5.41 Å². The molecule has 0 nitrogen and oxygen atoms in total. The van der Waals surface area contributed by atoms with E-state index in [-0.39, 0.29) is 5.41 Å². The fourth-order valence-electron chi connectivity index (χ4n) is 2.84. The lowest BCUT2D eigenvalue weighted by molar-refractivity contribution is 0.416. The third kappa shape index (κ3) is 2.09. The lowest BCUT2D eigenvalue weighted by atomic mass is 9.64. The van der Waals surface area contributed by atoms with E-state index in [1.165, 1.54) is 18.4 Å². The monoisotopic (exact) mass is 226 g/mol. The number of benzene rings is 1. The zero-order valence-corrected chi connectivity index (χ0v) is 11.1. The van der Waals surface area contributed by atoms with Gasteiger partial charge in [0.2, 0.25) is 0 Å². The highest BCUT2D eigenvalue weighted by molar-refractivity contribution is 5.42. The van der Waals surface area contributed by atoms with E-state index in [4.69, 9.17) is 0 Å². The summed E-state index contributed by atoms with van der Waals surface area (Å²) in [4.78, 5) is 0. The van der Waals surface area contributed by atoms with Gasteiger partial charge in [0.05, 0.1) is 0 Å². The van der Waals surface area contributed by atoms with Crippen LogP contribution in [0.15, 0.2) is 54.1 Å². The second-order valence-electron chi connectivity index (χ2n) is 5.18. The molecule has 0 N–H and O–H groups in total. The summed E-state index contributed by atoms with van der Waals surface area (Å²) in [5.41, 5.74) is 3.18. The molecule has 17 heavy (non-hydrogen) atoms. The molecule has 0 heterocycles. The minimum Gasteiger partial charge on any atom is -0.0805 e. The van der Waals surface area contributed by atoms with E-state index in [9.17, 15) is 0 Å². The summed E-state index contributed by atoms with van der Waals surface area (Å²) in [6, 6.07) is 10.9. The molecule has 90 valence electrons. The Bertz CT molecular complexity index is 425. The van der Waals surface area contributed by atoms with Gasteiger partial charge in [-0.2, -0.15) is 0 Å². The highest BCUT2D eigenvalue weighted by Gasteiger charge is 2.35. The molecule has 0 aliphatic heterocycles. The first kappa shape index (κ1) is 12.2. The second-order valence-corrected chi connectivity index (χ2v) is 5.18. The summed E-state index contributed by atoms with van der Waals surface area (Å²) < 4.78 is 0. The van der Waals surface area contributed by atoms with Crippen molar-refractivity contribution in [2.45, 2.75) is 39.0 Å². The van der Waals surface area contributed by atoms with Crippen molar-refractivity contribution in [1.82, 2.24) is 0 Å². The summed E-state index contributed by atoms with van der Waals surface area (Å²) in [7, 11) is 0. The van der Waals surface area contributed by atoms with Crippen molar-refractivity contribution in [3.8, 4) is 0 Å². The molecule has 0 saturated heterocycles. The van der Waals surface area contributed by atoms with Crippen LogP contribution < -0.4 is 0 Å². The maximum atomic E-state index is 2.39. The SMILES string of the molecule is CCCC1=CC=CC(C)C1(C)c1ccccc1. The Hall–Kier alpha value is -1.30. The second kappa shape index (κ2) is 4.91. The summed E-state index contributed by atoms with van der Waals surface area (Å²) in [6.07, 6.45) is 9.28. The zero-order chi connectivity index (χ0) is 12.3. The Balaban J connectivity index is 2.45. The Morgan fingerprint density at radius 2 is 1.88 bits per heavy atom. The molecule has 0 radical (unpaired) electrons. The highest BCUT2D eigenvalue weighted by Crippen LogP contribution is 2.43. The summed E-state index contributed by atoms with van der Waals surface area (Å²) in [6.45, 7) is 6.97. The first-order valence-corrected chi connectivity index (χ1v) is 6.63. The lowest BCUT2D eigenvalue weighted by Gasteiger charge is -2.39. The number of rotatable bonds is 3. The summed E-state index contributed by atoms with van der Waals surface area (Å²) in [5, 5.41) is 0. The van der Waals surface area contributed by atoms with Crippen LogP contribution >= 0.6 is 0 Å². The van der Waals surface area contributed by atoms with Gasteiger partial charge in [-0.25, -0.2) is 0 Å². The lowest BCUT2D eigenvalue weighted by Crippen LogP contribution is -2.33. The largest absolute Gasteiger partial charge is 0.0805 e. The van der Waals surface area contributed by atoms with E-state index in [0.29, 0.717) is 5.92 Å². The van der Waals surface area contributed by atoms with E-state index < -0.39 is 0 Å². The van der Waals surface area contributed by atoms with Gasteiger partial charge in [-0.1, -0.05) is 81.3 Å². The summed E-state index contributed by atoms with van der Waals surface area (Å²) in [5.74, 6) is 0.566. The molecule has 0 saturated carbocycles. The van der Waals surface area contributed by atoms with E-state index >= 15 is 0 Å². The van der Waals surface area contributed by atoms with Crippen LogP contribution in [0.5, 0.6) is 0 Å². The normalized spacial score (nSPS) is 27.9. The van der Waals surface area contributed by atoms with Gasteiger partial charge in [0.15, 0.2) is 0 Å². The van der Waals surface area contributed by atoms with Gasteiger partial charge in [-0.15, -0.1) is 0 Å². The van der Waals surface area contributed by atoms with Crippen LogP contribution in [-0.4, -0.2) is 0 Å². The Morgan fingerprint density at radius 3 is 2.53 bits per heavy atom. The van der Waals surface area contributed by atoms with Gasteiger partial charge in [0.25, 0.3) is 0 Å². The molecule has 2 rings (SSSR count). The van der Waals surface area contributed by atoms with Gasteiger partial charge < -0.3 is 0 Å². The van der Waals surface area contributed by atoms with Crippen molar-refractivity contribution in [3.63, 3.8) is 0 Å². The smallest absolute Gasteiger partial charge is 0.0196 e. The number of hydrogen-bond acceptors (Lipinski definition) is 0. The Kier molecular flexibility index (Phi) is 3.51. The van der Waals surface area contributed by atoms with Gasteiger partial charge >= 0.3 is 0 Å². The standard InChI is InChI=1S/C17H22/c1-4-9-15-13-8-10-14(2)17(15,3)16-11-6-5-7-12-16/h5-8,10-14H,4,9H2,1-3H3. The van der Waals surface area contributed by atoms with E-state index in [1.54, 1.807) is 5.57 Å². The molecular weight excluding hydrogens is 204 g/mol. The molecule has 0 bridgehead atoms. The van der Waals surface area contributed by atoms with Gasteiger partial charge in [-0.05, 0) is 17.9 Å². The average Bonchev–Trinajstić information content (AvgIpc) is 2.36. The van der Waals surface area contributed by atoms with Crippen LogP contribution in [0.25, 0.3) is 0 Å². The van der Waals surface area contributed by atoms with Crippen LogP contribution in [0.2, 0.25) is 0 Å². The molecular formula is C17H22. The molecule has 2 unspecified atom stereocenters. The summed E-state index contributed by atoms with van der Waals surface area (Å²) >= 11 is 0. The fraction of sp³-hybridized carbons (Fsp3) is 0.412. The first-order chi connectivity index (χ1) is 8.19. The Labute approximate surface area is 105 Å². The van der Waals surface area contributed by atoms with Gasteiger partial charge in [0.1, 0.15) is 0 Å². The minimum absolute atomic E-state index is 0.173.